The molecule has 6 nitrogen and oxygen atoms in total. The Hall–Kier alpha value is -2.34. The van der Waals surface area contributed by atoms with Crippen molar-refractivity contribution < 1.29 is 14.1 Å². The number of aromatic nitrogens is 1. The highest BCUT2D eigenvalue weighted by molar-refractivity contribution is 5.91. The van der Waals surface area contributed by atoms with Crippen LogP contribution in [0.5, 0.6) is 5.75 Å². The summed E-state index contributed by atoms with van der Waals surface area (Å²) in [5.41, 5.74) is 1.97. The summed E-state index contributed by atoms with van der Waals surface area (Å²) in [5.74, 6) is 1.20. The number of aryl methyl sites for hydroxylation is 1. The van der Waals surface area contributed by atoms with Gasteiger partial charge in [0.05, 0.1) is 18.8 Å². The molecule has 1 aliphatic rings. The number of nitrogens with one attached hydrogen (secondary N) is 1. The van der Waals surface area contributed by atoms with E-state index in [1.807, 2.05) is 26.0 Å². The van der Waals surface area contributed by atoms with E-state index in [4.69, 9.17) is 9.26 Å². The summed E-state index contributed by atoms with van der Waals surface area (Å²) < 4.78 is 10.5. The lowest BCUT2D eigenvalue weighted by Gasteiger charge is -2.24. The zero-order chi connectivity index (χ0) is 16.9. The lowest BCUT2D eigenvalue weighted by atomic mass is 10.0. The van der Waals surface area contributed by atoms with E-state index in [1.54, 1.807) is 6.07 Å². The molecule has 24 heavy (non-hydrogen) atoms. The maximum absolute atomic E-state index is 12.2. The molecule has 1 N–H and O–H groups in total. The van der Waals surface area contributed by atoms with E-state index >= 15 is 0 Å². The highest BCUT2D eigenvalue weighted by Gasteiger charge is 2.27. The molecule has 6 heteroatoms. The molecule has 0 unspecified atom stereocenters. The minimum Gasteiger partial charge on any atom is -0.494 e. The number of rotatable bonds is 6. The van der Waals surface area contributed by atoms with Gasteiger partial charge >= 0.3 is 0 Å². The van der Waals surface area contributed by atoms with Gasteiger partial charge in [0.25, 0.3) is 0 Å². The van der Waals surface area contributed by atoms with Crippen molar-refractivity contribution in [3.8, 4) is 5.75 Å². The van der Waals surface area contributed by atoms with Gasteiger partial charge in [0.2, 0.25) is 11.8 Å². The van der Waals surface area contributed by atoms with Crippen LogP contribution in [0.15, 0.2) is 34.9 Å². The number of anilines is 1. The van der Waals surface area contributed by atoms with Crippen molar-refractivity contribution in [1.29, 1.82) is 0 Å². The van der Waals surface area contributed by atoms with Gasteiger partial charge in [0.1, 0.15) is 5.75 Å². The predicted octanol–water partition coefficient (Wildman–Crippen LogP) is 3.16. The Morgan fingerprint density at radius 1 is 1.42 bits per heavy atom. The topological polar surface area (TPSA) is 67.6 Å². The molecule has 1 aromatic carbocycles. The molecule has 0 bridgehead atoms. The lowest BCUT2D eigenvalue weighted by molar-refractivity contribution is -0.117. The van der Waals surface area contributed by atoms with Crippen molar-refractivity contribution in [1.82, 2.24) is 10.1 Å². The fourth-order valence-electron chi connectivity index (χ4n) is 3.13. The molecule has 1 amide bonds. The first kappa shape index (κ1) is 16.5. The third-order valence-corrected chi connectivity index (χ3v) is 4.18. The smallest absolute Gasteiger partial charge is 0.240 e. The molecule has 0 saturated carbocycles. The van der Waals surface area contributed by atoms with Gasteiger partial charge in [-0.15, -0.1) is 0 Å². The Kier molecular flexibility index (Phi) is 5.15. The number of ether oxygens (including phenoxy) is 1. The molecule has 2 aromatic rings. The minimum atomic E-state index is -0.0796. The molecule has 1 atom stereocenters. The standard InChI is InChI=1S/C18H23N3O3/c1-3-23-15-8-6-14(7-9-15)16-5-4-10-21(16)12-17(22)19-18-11-13(2)20-24-18/h6-9,11,16H,3-5,10,12H2,1-2H3,(H,19,22)/t16-/m1/s1. The second-order valence-electron chi connectivity index (χ2n) is 6.01. The van der Waals surface area contributed by atoms with Crippen LogP contribution in [0.4, 0.5) is 5.88 Å². The van der Waals surface area contributed by atoms with E-state index in [9.17, 15) is 4.79 Å². The summed E-state index contributed by atoms with van der Waals surface area (Å²) in [6.45, 7) is 5.72. The van der Waals surface area contributed by atoms with Crippen molar-refractivity contribution in [2.24, 2.45) is 0 Å². The molecule has 1 saturated heterocycles. The van der Waals surface area contributed by atoms with E-state index < -0.39 is 0 Å². The largest absolute Gasteiger partial charge is 0.494 e. The predicted molar refractivity (Wildman–Crippen MR) is 91.0 cm³/mol. The van der Waals surface area contributed by atoms with E-state index in [0.717, 1.165) is 30.8 Å². The van der Waals surface area contributed by atoms with Crippen LogP contribution < -0.4 is 10.1 Å². The summed E-state index contributed by atoms with van der Waals surface area (Å²) in [6, 6.07) is 10.1. The Morgan fingerprint density at radius 2 is 2.21 bits per heavy atom. The van der Waals surface area contributed by atoms with Crippen LogP contribution in [-0.4, -0.2) is 35.7 Å². The first-order valence-corrected chi connectivity index (χ1v) is 8.35. The van der Waals surface area contributed by atoms with Gasteiger partial charge in [-0.05, 0) is 50.9 Å². The SMILES string of the molecule is CCOc1ccc([C@H]2CCCN2CC(=O)Nc2cc(C)no2)cc1. The summed E-state index contributed by atoms with van der Waals surface area (Å²) in [4.78, 5) is 14.4. The van der Waals surface area contributed by atoms with Crippen LogP contribution in [0.2, 0.25) is 0 Å². The van der Waals surface area contributed by atoms with E-state index in [0.29, 0.717) is 19.0 Å². The molecule has 0 radical (unpaired) electrons. The van der Waals surface area contributed by atoms with Crippen molar-refractivity contribution >= 4 is 11.8 Å². The van der Waals surface area contributed by atoms with Crippen LogP contribution in [0.1, 0.15) is 37.1 Å². The first-order valence-electron chi connectivity index (χ1n) is 8.35. The average molecular weight is 329 g/mol. The van der Waals surface area contributed by atoms with Crippen molar-refractivity contribution in [3.63, 3.8) is 0 Å². The summed E-state index contributed by atoms with van der Waals surface area (Å²) in [5, 5.41) is 6.53. The van der Waals surface area contributed by atoms with Crippen LogP contribution in [0.3, 0.4) is 0 Å². The third kappa shape index (κ3) is 3.94. The van der Waals surface area contributed by atoms with E-state index in [-0.39, 0.29) is 11.9 Å². The normalized spacial score (nSPS) is 17.8. The van der Waals surface area contributed by atoms with Gasteiger partial charge in [0.15, 0.2) is 0 Å². The fourth-order valence-corrected chi connectivity index (χ4v) is 3.13. The summed E-state index contributed by atoms with van der Waals surface area (Å²) in [6.07, 6.45) is 2.15. The number of hydrogen-bond acceptors (Lipinski definition) is 5. The molecule has 1 aliphatic heterocycles. The number of carbonyl (C=O) groups is 1. The number of likely N-dealkylation sites (tertiary alicyclic amines) is 1. The Morgan fingerprint density at radius 3 is 2.88 bits per heavy atom. The number of hydrogen-bond donors (Lipinski definition) is 1. The molecule has 128 valence electrons. The molecule has 1 fully saturated rings. The Labute approximate surface area is 141 Å². The van der Waals surface area contributed by atoms with E-state index in [1.165, 1.54) is 5.56 Å². The van der Waals surface area contributed by atoms with Gasteiger partial charge in [-0.1, -0.05) is 17.3 Å². The average Bonchev–Trinajstić information content (AvgIpc) is 3.17. The molecule has 1 aromatic heterocycles. The lowest BCUT2D eigenvalue weighted by Crippen LogP contribution is -2.32. The zero-order valence-corrected chi connectivity index (χ0v) is 14.1. The van der Waals surface area contributed by atoms with Crippen LogP contribution in [-0.2, 0) is 4.79 Å². The monoisotopic (exact) mass is 329 g/mol. The minimum absolute atomic E-state index is 0.0796. The second kappa shape index (κ2) is 7.49. The quantitative estimate of drug-likeness (QED) is 0.882. The van der Waals surface area contributed by atoms with Gasteiger partial charge in [-0.2, -0.15) is 0 Å². The maximum atomic E-state index is 12.2. The number of nitrogens with zero attached hydrogens (tertiary/aromatic N) is 2. The second-order valence-corrected chi connectivity index (χ2v) is 6.01. The summed E-state index contributed by atoms with van der Waals surface area (Å²) >= 11 is 0. The van der Waals surface area contributed by atoms with E-state index in [2.05, 4.69) is 27.5 Å². The molecule has 3 rings (SSSR count). The van der Waals surface area contributed by atoms with Gasteiger partial charge in [-0.25, -0.2) is 0 Å². The number of amides is 1. The van der Waals surface area contributed by atoms with Crippen LogP contribution >= 0.6 is 0 Å². The van der Waals surface area contributed by atoms with Gasteiger partial charge < -0.3 is 9.26 Å². The van der Waals surface area contributed by atoms with Crippen molar-refractivity contribution in [2.45, 2.75) is 32.7 Å². The fraction of sp³-hybridized carbons (Fsp3) is 0.444. The van der Waals surface area contributed by atoms with Crippen molar-refractivity contribution in [2.75, 3.05) is 25.0 Å². The van der Waals surface area contributed by atoms with Gasteiger partial charge in [-0.3, -0.25) is 15.0 Å². The molecule has 2 heterocycles. The van der Waals surface area contributed by atoms with Crippen LogP contribution in [0.25, 0.3) is 0 Å². The highest BCUT2D eigenvalue weighted by atomic mass is 16.5. The maximum Gasteiger partial charge on any atom is 0.240 e. The highest BCUT2D eigenvalue weighted by Crippen LogP contribution is 2.32. The van der Waals surface area contributed by atoms with Crippen molar-refractivity contribution in [3.05, 3.63) is 41.6 Å². The third-order valence-electron chi connectivity index (χ3n) is 4.18. The number of carbonyl (C=O) groups excluding carboxylic acids is 1. The Balaban J connectivity index is 1.61. The molecular weight excluding hydrogens is 306 g/mol. The molecular formula is C18H23N3O3. The zero-order valence-electron chi connectivity index (χ0n) is 14.1. The van der Waals surface area contributed by atoms with Crippen LogP contribution in [0, 0.1) is 6.92 Å². The van der Waals surface area contributed by atoms with Gasteiger partial charge in [0, 0.05) is 12.1 Å². The molecule has 0 aliphatic carbocycles. The first-order chi connectivity index (χ1) is 11.7. The molecule has 0 spiro atoms. The number of benzene rings is 1. The summed E-state index contributed by atoms with van der Waals surface area (Å²) in [7, 11) is 0. The Bertz CT molecular complexity index is 681.